The number of aryl methyl sites for hydroxylation is 1. The Hall–Kier alpha value is -3.81. The van der Waals surface area contributed by atoms with Crippen molar-refractivity contribution in [1.82, 2.24) is 29.7 Å². The summed E-state index contributed by atoms with van der Waals surface area (Å²) in [5, 5.41) is 11.3. The maximum Gasteiger partial charge on any atom is 0.293 e. The van der Waals surface area contributed by atoms with Crippen LogP contribution in [0.25, 0.3) is 16.8 Å². The van der Waals surface area contributed by atoms with E-state index in [-0.39, 0.29) is 18.0 Å². The van der Waals surface area contributed by atoms with Crippen LogP contribution in [0.4, 0.5) is 0 Å². The summed E-state index contributed by atoms with van der Waals surface area (Å²) in [4.78, 5) is 28.9. The average Bonchev–Trinajstić information content (AvgIpc) is 3.20. The molecule has 8 nitrogen and oxygen atoms in total. The van der Waals surface area contributed by atoms with Crippen molar-refractivity contribution < 1.29 is 4.79 Å². The Morgan fingerprint density at radius 2 is 1.97 bits per heavy atom. The summed E-state index contributed by atoms with van der Waals surface area (Å²) in [5.41, 5.74) is 3.73. The minimum Gasteiger partial charge on any atom is -0.350 e. The second-order valence-corrected chi connectivity index (χ2v) is 6.64. The fourth-order valence-electron chi connectivity index (χ4n) is 3.00. The number of nitrogens with one attached hydrogen (secondary N) is 1. The fraction of sp³-hybridized carbons (Fsp3) is 0.190. The molecule has 0 radical (unpaired) electrons. The van der Waals surface area contributed by atoms with Gasteiger partial charge in [0.25, 0.3) is 5.56 Å². The fourth-order valence-corrected chi connectivity index (χ4v) is 3.00. The molecule has 0 aliphatic heterocycles. The highest BCUT2D eigenvalue weighted by molar-refractivity contribution is 5.75. The van der Waals surface area contributed by atoms with Crippen molar-refractivity contribution in [3.63, 3.8) is 0 Å². The molecular weight excluding hydrogens is 368 g/mol. The summed E-state index contributed by atoms with van der Waals surface area (Å²) >= 11 is 0. The molecule has 0 bridgehead atoms. The molecule has 0 spiro atoms. The molecule has 0 atom stereocenters. The van der Waals surface area contributed by atoms with Gasteiger partial charge in [-0.05, 0) is 29.7 Å². The lowest BCUT2D eigenvalue weighted by Gasteiger charge is -2.06. The van der Waals surface area contributed by atoms with E-state index in [0.29, 0.717) is 17.8 Å². The summed E-state index contributed by atoms with van der Waals surface area (Å²) in [7, 11) is 0. The third-order valence-electron chi connectivity index (χ3n) is 4.65. The highest BCUT2D eigenvalue weighted by Crippen LogP contribution is 2.19. The number of fused-ring (bicyclic) bond motifs is 1. The molecule has 3 heterocycles. The van der Waals surface area contributed by atoms with Gasteiger partial charge < -0.3 is 5.32 Å². The minimum absolute atomic E-state index is 0.165. The molecule has 4 aromatic rings. The average molecular weight is 388 g/mol. The van der Waals surface area contributed by atoms with Gasteiger partial charge in [-0.1, -0.05) is 37.3 Å². The van der Waals surface area contributed by atoms with Gasteiger partial charge in [0.2, 0.25) is 5.91 Å². The van der Waals surface area contributed by atoms with Crippen LogP contribution in [0, 0.1) is 0 Å². The molecule has 0 unspecified atom stereocenters. The van der Waals surface area contributed by atoms with Gasteiger partial charge in [0.15, 0.2) is 0 Å². The van der Waals surface area contributed by atoms with Gasteiger partial charge >= 0.3 is 0 Å². The molecule has 146 valence electrons. The van der Waals surface area contributed by atoms with E-state index >= 15 is 0 Å². The maximum atomic E-state index is 12.7. The van der Waals surface area contributed by atoms with Gasteiger partial charge in [-0.3, -0.25) is 14.6 Å². The molecule has 1 amide bonds. The van der Waals surface area contributed by atoms with E-state index in [1.807, 2.05) is 30.3 Å². The quantitative estimate of drug-likeness (QED) is 0.544. The molecule has 0 aliphatic carbocycles. The van der Waals surface area contributed by atoms with Gasteiger partial charge in [0.05, 0.1) is 5.69 Å². The standard InChI is InChI=1S/C21H20N6O2/c1-2-15-5-7-17(8-6-15)18-10-19-21(29)26(24-14-27(19)25-18)13-20(28)23-12-16-4-3-9-22-11-16/h3-11,14H,2,12-13H2,1H3,(H,23,28). The Bertz CT molecular complexity index is 1200. The van der Waals surface area contributed by atoms with E-state index in [4.69, 9.17) is 0 Å². The van der Waals surface area contributed by atoms with Gasteiger partial charge in [-0.2, -0.15) is 10.2 Å². The second-order valence-electron chi connectivity index (χ2n) is 6.64. The van der Waals surface area contributed by atoms with E-state index < -0.39 is 0 Å². The zero-order valence-corrected chi connectivity index (χ0v) is 15.9. The van der Waals surface area contributed by atoms with Crippen LogP contribution < -0.4 is 10.9 Å². The SMILES string of the molecule is CCc1ccc(-c2cc3c(=O)n(CC(=O)NCc4cccnc4)ncn3n2)cc1. The number of pyridine rings is 1. The Balaban J connectivity index is 1.52. The van der Waals surface area contributed by atoms with Crippen molar-refractivity contribution in [2.45, 2.75) is 26.4 Å². The number of nitrogens with zero attached hydrogens (tertiary/aromatic N) is 5. The molecule has 0 saturated heterocycles. The smallest absolute Gasteiger partial charge is 0.293 e. The number of amides is 1. The number of rotatable bonds is 6. The van der Waals surface area contributed by atoms with E-state index in [9.17, 15) is 9.59 Å². The number of hydrogen-bond acceptors (Lipinski definition) is 5. The summed E-state index contributed by atoms with van der Waals surface area (Å²) in [6.45, 7) is 2.27. The Kier molecular flexibility index (Phi) is 5.15. The van der Waals surface area contributed by atoms with E-state index in [1.165, 1.54) is 16.4 Å². The topological polar surface area (TPSA) is 94.2 Å². The monoisotopic (exact) mass is 388 g/mol. The minimum atomic E-state index is -0.368. The molecule has 4 rings (SSSR count). The van der Waals surface area contributed by atoms with Crippen LogP contribution in [0.3, 0.4) is 0 Å². The van der Waals surface area contributed by atoms with Crippen LogP contribution >= 0.6 is 0 Å². The second kappa shape index (κ2) is 8.05. The number of hydrogen-bond donors (Lipinski definition) is 1. The molecule has 0 fully saturated rings. The van der Waals surface area contributed by atoms with Gasteiger partial charge in [0.1, 0.15) is 18.4 Å². The molecule has 3 aromatic heterocycles. The van der Waals surface area contributed by atoms with Crippen LogP contribution in [-0.4, -0.2) is 30.3 Å². The lowest BCUT2D eigenvalue weighted by molar-refractivity contribution is -0.122. The highest BCUT2D eigenvalue weighted by Gasteiger charge is 2.12. The van der Waals surface area contributed by atoms with Crippen molar-refractivity contribution in [3.05, 3.63) is 82.7 Å². The molecule has 1 N–H and O–H groups in total. The number of carbonyl (C=O) groups excluding carboxylic acids is 1. The van der Waals surface area contributed by atoms with E-state index in [2.05, 4.69) is 27.4 Å². The first-order valence-electron chi connectivity index (χ1n) is 9.34. The Morgan fingerprint density at radius 3 is 2.69 bits per heavy atom. The van der Waals surface area contributed by atoms with Crippen LogP contribution in [0.15, 0.2) is 66.0 Å². The highest BCUT2D eigenvalue weighted by atomic mass is 16.2. The lowest BCUT2D eigenvalue weighted by atomic mass is 10.1. The van der Waals surface area contributed by atoms with Crippen LogP contribution in [0.5, 0.6) is 0 Å². The molecule has 1 aromatic carbocycles. The predicted octanol–water partition coefficient (Wildman–Crippen LogP) is 1.83. The summed E-state index contributed by atoms with van der Waals surface area (Å²) < 4.78 is 2.58. The van der Waals surface area contributed by atoms with Gasteiger partial charge in [-0.15, -0.1) is 0 Å². The molecule has 0 aliphatic rings. The van der Waals surface area contributed by atoms with Crippen LogP contribution in [0.1, 0.15) is 18.1 Å². The third kappa shape index (κ3) is 4.06. The molecule has 8 heteroatoms. The van der Waals surface area contributed by atoms with Crippen LogP contribution in [0.2, 0.25) is 0 Å². The van der Waals surface area contributed by atoms with E-state index in [0.717, 1.165) is 22.2 Å². The van der Waals surface area contributed by atoms with Crippen molar-refractivity contribution in [2.75, 3.05) is 0 Å². The Morgan fingerprint density at radius 1 is 1.14 bits per heavy atom. The normalized spacial score (nSPS) is 10.9. The van der Waals surface area contributed by atoms with Crippen molar-refractivity contribution in [3.8, 4) is 11.3 Å². The van der Waals surface area contributed by atoms with Crippen molar-refractivity contribution >= 4 is 11.4 Å². The van der Waals surface area contributed by atoms with Crippen LogP contribution in [-0.2, 0) is 24.3 Å². The number of carbonyl (C=O) groups is 1. The molecule has 29 heavy (non-hydrogen) atoms. The predicted molar refractivity (Wildman–Crippen MR) is 108 cm³/mol. The van der Waals surface area contributed by atoms with Crippen molar-refractivity contribution in [2.24, 2.45) is 0 Å². The van der Waals surface area contributed by atoms with E-state index in [1.54, 1.807) is 24.5 Å². The first-order chi connectivity index (χ1) is 14.1. The number of aromatic nitrogens is 5. The molecular formula is C21H20N6O2. The summed E-state index contributed by atoms with van der Waals surface area (Å²) in [5.74, 6) is -0.303. The number of benzene rings is 1. The summed E-state index contributed by atoms with van der Waals surface area (Å²) in [6, 6.07) is 13.4. The largest absolute Gasteiger partial charge is 0.350 e. The van der Waals surface area contributed by atoms with Gasteiger partial charge in [0, 0.05) is 24.5 Å². The first kappa shape index (κ1) is 18.5. The summed E-state index contributed by atoms with van der Waals surface area (Å²) in [6.07, 6.45) is 5.75. The third-order valence-corrected chi connectivity index (χ3v) is 4.65. The lowest BCUT2D eigenvalue weighted by Crippen LogP contribution is -2.34. The zero-order valence-electron chi connectivity index (χ0n) is 15.9. The maximum absolute atomic E-state index is 12.7. The molecule has 0 saturated carbocycles. The van der Waals surface area contributed by atoms with Crippen molar-refractivity contribution in [1.29, 1.82) is 0 Å². The van der Waals surface area contributed by atoms with Gasteiger partial charge in [-0.25, -0.2) is 9.20 Å². The zero-order chi connectivity index (χ0) is 20.2. The first-order valence-corrected chi connectivity index (χ1v) is 9.34. The Labute approximate surface area is 166 Å².